The molecule has 2 atom stereocenters. The summed E-state index contributed by atoms with van der Waals surface area (Å²) < 4.78 is 0. The second kappa shape index (κ2) is 11.5. The summed E-state index contributed by atoms with van der Waals surface area (Å²) >= 11 is 6.11. The molecule has 0 radical (unpaired) electrons. The van der Waals surface area contributed by atoms with Crippen LogP contribution < -0.4 is 15.1 Å². The van der Waals surface area contributed by atoms with Gasteiger partial charge in [-0.05, 0) is 38.8 Å². The highest BCUT2D eigenvalue weighted by atomic mass is 35.5. The maximum atomic E-state index is 12.9. The Morgan fingerprint density at radius 1 is 1.00 bits per heavy atom. The molecular weight excluding hydrogens is 388 g/mol. The number of hydrogen-bond donors (Lipinski definition) is 3. The summed E-state index contributed by atoms with van der Waals surface area (Å²) in [6.07, 6.45) is 1.95. The van der Waals surface area contributed by atoms with Crippen molar-refractivity contribution in [1.82, 2.24) is 4.90 Å². The molecule has 6 nitrogen and oxygen atoms in total. The van der Waals surface area contributed by atoms with Crippen molar-refractivity contribution < 1.29 is 19.4 Å². The van der Waals surface area contributed by atoms with E-state index in [-0.39, 0.29) is 23.9 Å². The van der Waals surface area contributed by atoms with Gasteiger partial charge in [-0.3, -0.25) is 9.59 Å². The van der Waals surface area contributed by atoms with E-state index in [1.807, 2.05) is 18.2 Å². The van der Waals surface area contributed by atoms with Crippen molar-refractivity contribution in [3.05, 3.63) is 29.3 Å². The molecular formula is C22H37ClN4O2+2. The molecule has 1 aromatic rings. The predicted octanol–water partition coefficient (Wildman–Crippen LogP) is 0.488. The summed E-state index contributed by atoms with van der Waals surface area (Å²) in [5.41, 5.74) is 0.656. The van der Waals surface area contributed by atoms with Crippen molar-refractivity contribution in [2.45, 2.75) is 52.6 Å². The third-order valence-electron chi connectivity index (χ3n) is 6.04. The zero-order valence-corrected chi connectivity index (χ0v) is 19.0. The van der Waals surface area contributed by atoms with E-state index in [1.54, 1.807) is 6.07 Å². The molecule has 2 amide bonds. The third-order valence-corrected chi connectivity index (χ3v) is 6.37. The molecule has 1 heterocycles. The number of nitrogens with one attached hydrogen (secondary N) is 3. The van der Waals surface area contributed by atoms with Crippen LogP contribution >= 0.6 is 11.6 Å². The van der Waals surface area contributed by atoms with Gasteiger partial charge >= 0.3 is 0 Å². The highest BCUT2D eigenvalue weighted by Gasteiger charge is 2.30. The average Bonchev–Trinajstić information content (AvgIpc) is 2.71. The minimum Gasteiger partial charge on any atom is -0.332 e. The van der Waals surface area contributed by atoms with Crippen LogP contribution in [-0.4, -0.2) is 68.1 Å². The summed E-state index contributed by atoms with van der Waals surface area (Å²) in [6, 6.07) is 7.83. The number of carbonyl (C=O) groups excluding carboxylic acids is 2. The lowest BCUT2D eigenvalue weighted by Gasteiger charge is -2.36. The minimum atomic E-state index is -0.0210. The molecule has 1 aromatic carbocycles. The van der Waals surface area contributed by atoms with E-state index < -0.39 is 0 Å². The van der Waals surface area contributed by atoms with Gasteiger partial charge in [-0.2, -0.15) is 0 Å². The van der Waals surface area contributed by atoms with Crippen LogP contribution in [0.25, 0.3) is 0 Å². The highest BCUT2D eigenvalue weighted by Crippen LogP contribution is 2.19. The van der Waals surface area contributed by atoms with Crippen molar-refractivity contribution in [2.75, 3.05) is 44.6 Å². The van der Waals surface area contributed by atoms with Gasteiger partial charge in [-0.15, -0.1) is 0 Å². The van der Waals surface area contributed by atoms with Crippen LogP contribution in [0.5, 0.6) is 0 Å². The van der Waals surface area contributed by atoms with Gasteiger partial charge in [0.05, 0.1) is 10.7 Å². The second-order valence-electron chi connectivity index (χ2n) is 8.20. The van der Waals surface area contributed by atoms with Crippen molar-refractivity contribution in [2.24, 2.45) is 0 Å². The fourth-order valence-electron chi connectivity index (χ4n) is 3.92. The zero-order chi connectivity index (χ0) is 21.4. The largest absolute Gasteiger partial charge is 0.332 e. The molecule has 1 fully saturated rings. The van der Waals surface area contributed by atoms with Gasteiger partial charge in [0, 0.05) is 12.1 Å². The van der Waals surface area contributed by atoms with Crippen molar-refractivity contribution >= 4 is 29.1 Å². The number of para-hydroxylation sites is 1. The van der Waals surface area contributed by atoms with Crippen LogP contribution in [0.2, 0.25) is 5.02 Å². The van der Waals surface area contributed by atoms with Gasteiger partial charge < -0.3 is 20.0 Å². The topological polar surface area (TPSA) is 58.3 Å². The lowest BCUT2D eigenvalue weighted by Crippen LogP contribution is -3.28. The van der Waals surface area contributed by atoms with Crippen LogP contribution in [0.15, 0.2) is 24.3 Å². The molecule has 0 saturated carbocycles. The van der Waals surface area contributed by atoms with Crippen molar-refractivity contribution in [3.63, 3.8) is 0 Å². The first-order valence-corrected chi connectivity index (χ1v) is 11.3. The van der Waals surface area contributed by atoms with E-state index in [2.05, 4.69) is 37.9 Å². The Morgan fingerprint density at radius 2 is 1.52 bits per heavy atom. The summed E-state index contributed by atoms with van der Waals surface area (Å²) in [5, 5.41) is 3.45. The Bertz CT molecular complexity index is 667. The number of quaternary nitrogens is 2. The number of halogens is 1. The number of rotatable bonds is 9. The molecule has 1 aliphatic heterocycles. The number of hydrogen-bond acceptors (Lipinski definition) is 2. The Kier molecular flexibility index (Phi) is 9.40. The highest BCUT2D eigenvalue weighted by molar-refractivity contribution is 6.33. The third kappa shape index (κ3) is 6.98. The summed E-state index contributed by atoms with van der Waals surface area (Å²) in [5.74, 6) is 0.232. The standard InChI is InChI=1S/C22H35ClN4O2/c1-5-17(3)27(18(4)6-2)22(29)16-26-13-11-25(12-14-26)15-21(28)24-20-10-8-7-9-19(20)23/h7-10,17-18H,5-6,11-16H2,1-4H3,(H,24,28)/p+2/t17-,18+. The van der Waals surface area contributed by atoms with Gasteiger partial charge in [0.1, 0.15) is 26.2 Å². The molecule has 29 heavy (non-hydrogen) atoms. The predicted molar refractivity (Wildman–Crippen MR) is 118 cm³/mol. The van der Waals surface area contributed by atoms with E-state index in [4.69, 9.17) is 11.6 Å². The number of benzene rings is 1. The van der Waals surface area contributed by atoms with Crippen LogP contribution in [-0.2, 0) is 9.59 Å². The Balaban J connectivity index is 1.80. The van der Waals surface area contributed by atoms with Gasteiger partial charge in [-0.1, -0.05) is 37.6 Å². The Labute approximate surface area is 180 Å². The molecule has 0 unspecified atom stereocenters. The summed E-state index contributed by atoms with van der Waals surface area (Å²) in [7, 11) is 0. The van der Waals surface area contributed by atoms with Crippen LogP contribution in [0.3, 0.4) is 0 Å². The number of nitrogens with zero attached hydrogens (tertiary/aromatic N) is 1. The van der Waals surface area contributed by atoms with E-state index in [1.165, 1.54) is 9.80 Å². The lowest BCUT2D eigenvalue weighted by atomic mass is 10.1. The van der Waals surface area contributed by atoms with E-state index in [0.717, 1.165) is 39.0 Å². The molecule has 0 spiro atoms. The molecule has 0 aliphatic carbocycles. The zero-order valence-electron chi connectivity index (χ0n) is 18.3. The minimum absolute atomic E-state index is 0.0210. The maximum Gasteiger partial charge on any atom is 0.279 e. The number of anilines is 1. The molecule has 0 bridgehead atoms. The molecule has 7 heteroatoms. The van der Waals surface area contributed by atoms with Crippen LogP contribution in [0, 0.1) is 0 Å². The lowest BCUT2D eigenvalue weighted by molar-refractivity contribution is -1.00. The first kappa shape index (κ1) is 23.6. The first-order valence-electron chi connectivity index (χ1n) is 10.9. The smallest absolute Gasteiger partial charge is 0.279 e. The maximum absolute atomic E-state index is 12.9. The molecule has 0 aromatic heterocycles. The van der Waals surface area contributed by atoms with Gasteiger partial charge in [-0.25, -0.2) is 0 Å². The molecule has 162 valence electrons. The molecule has 1 aliphatic rings. The van der Waals surface area contributed by atoms with E-state index in [9.17, 15) is 9.59 Å². The fourth-order valence-corrected chi connectivity index (χ4v) is 4.10. The SMILES string of the molecule is CC[C@@H](C)N(C(=O)C[NH+]1CC[NH+](CC(=O)Nc2ccccc2Cl)CC1)[C@@H](C)CC. The monoisotopic (exact) mass is 424 g/mol. The molecule has 3 N–H and O–H groups in total. The number of carbonyl (C=O) groups is 2. The van der Waals surface area contributed by atoms with Gasteiger partial charge in [0.25, 0.3) is 11.8 Å². The molecule has 1 saturated heterocycles. The first-order chi connectivity index (χ1) is 13.8. The molecule has 2 rings (SSSR count). The van der Waals surface area contributed by atoms with E-state index in [0.29, 0.717) is 23.8 Å². The second-order valence-corrected chi connectivity index (χ2v) is 8.60. The van der Waals surface area contributed by atoms with Gasteiger partial charge in [0.2, 0.25) is 0 Å². The van der Waals surface area contributed by atoms with Gasteiger partial charge in [0.15, 0.2) is 13.1 Å². The average molecular weight is 425 g/mol. The number of piperazine rings is 1. The summed E-state index contributed by atoms with van der Waals surface area (Å²) in [4.78, 5) is 29.9. The normalized spacial score (nSPS) is 21.3. The van der Waals surface area contributed by atoms with Crippen molar-refractivity contribution in [1.29, 1.82) is 0 Å². The number of amides is 2. The Hall–Kier alpha value is -1.63. The fraction of sp³-hybridized carbons (Fsp3) is 0.636. The van der Waals surface area contributed by atoms with Crippen LogP contribution in [0.4, 0.5) is 5.69 Å². The van der Waals surface area contributed by atoms with Crippen molar-refractivity contribution in [3.8, 4) is 0 Å². The van der Waals surface area contributed by atoms with E-state index >= 15 is 0 Å². The quantitative estimate of drug-likeness (QED) is 0.540. The summed E-state index contributed by atoms with van der Waals surface area (Å²) in [6.45, 7) is 13.1. The Morgan fingerprint density at radius 3 is 2.03 bits per heavy atom. The van der Waals surface area contributed by atoms with Crippen LogP contribution in [0.1, 0.15) is 40.5 Å².